The van der Waals surface area contributed by atoms with Crippen LogP contribution in [0.1, 0.15) is 53.4 Å². The van der Waals surface area contributed by atoms with Crippen LogP contribution < -0.4 is 5.32 Å². The fourth-order valence-corrected chi connectivity index (χ4v) is 4.86. The number of anilines is 1. The molecular formula is C20H33N3O3S. The third-order valence-corrected chi connectivity index (χ3v) is 7.37. The van der Waals surface area contributed by atoms with E-state index in [9.17, 15) is 13.2 Å². The Morgan fingerprint density at radius 3 is 2.11 bits per heavy atom. The van der Waals surface area contributed by atoms with Gasteiger partial charge < -0.3 is 5.32 Å². The van der Waals surface area contributed by atoms with Crippen molar-refractivity contribution >= 4 is 21.6 Å². The molecule has 1 N–H and O–H groups in total. The molecule has 0 bridgehead atoms. The molecule has 0 aliphatic heterocycles. The molecule has 2 rings (SSSR count). The SMILES string of the molecule is CC(C)N(CC(=O)Nc1ccc(S(=O)(=O)N(C)C(C)C)cc1)C1CCCC1. The summed E-state index contributed by atoms with van der Waals surface area (Å²) in [5, 5.41) is 2.89. The summed E-state index contributed by atoms with van der Waals surface area (Å²) in [6, 6.07) is 7.06. The zero-order valence-electron chi connectivity index (χ0n) is 17.1. The van der Waals surface area contributed by atoms with Gasteiger partial charge in [-0.3, -0.25) is 9.69 Å². The van der Waals surface area contributed by atoms with Crippen molar-refractivity contribution in [2.45, 2.75) is 76.4 Å². The van der Waals surface area contributed by atoms with Crippen molar-refractivity contribution in [1.82, 2.24) is 9.21 Å². The predicted molar refractivity (Wildman–Crippen MR) is 109 cm³/mol. The van der Waals surface area contributed by atoms with Crippen molar-refractivity contribution in [3.63, 3.8) is 0 Å². The van der Waals surface area contributed by atoms with Crippen LogP contribution >= 0.6 is 0 Å². The lowest BCUT2D eigenvalue weighted by Gasteiger charge is -2.31. The van der Waals surface area contributed by atoms with Gasteiger partial charge in [0.2, 0.25) is 15.9 Å². The number of carbonyl (C=O) groups is 1. The number of benzene rings is 1. The molecule has 0 spiro atoms. The van der Waals surface area contributed by atoms with Gasteiger partial charge in [-0.05, 0) is 64.8 Å². The van der Waals surface area contributed by atoms with Gasteiger partial charge in [-0.25, -0.2) is 8.42 Å². The molecule has 7 heteroatoms. The lowest BCUT2D eigenvalue weighted by molar-refractivity contribution is -0.118. The van der Waals surface area contributed by atoms with Crippen LogP contribution in [0, 0.1) is 0 Å². The Kier molecular flexibility index (Phi) is 7.42. The second-order valence-corrected chi connectivity index (χ2v) is 9.89. The van der Waals surface area contributed by atoms with Crippen molar-refractivity contribution < 1.29 is 13.2 Å². The van der Waals surface area contributed by atoms with Crippen LogP contribution in [0.5, 0.6) is 0 Å². The molecule has 1 aliphatic carbocycles. The zero-order valence-corrected chi connectivity index (χ0v) is 17.9. The maximum Gasteiger partial charge on any atom is 0.243 e. The Morgan fingerprint density at radius 1 is 1.07 bits per heavy atom. The number of carbonyl (C=O) groups excluding carboxylic acids is 1. The molecule has 152 valence electrons. The van der Waals surface area contributed by atoms with Crippen LogP contribution in [0.15, 0.2) is 29.2 Å². The highest BCUT2D eigenvalue weighted by atomic mass is 32.2. The summed E-state index contributed by atoms with van der Waals surface area (Å²) in [5.41, 5.74) is 0.612. The van der Waals surface area contributed by atoms with E-state index in [4.69, 9.17) is 0 Å². The van der Waals surface area contributed by atoms with Crippen LogP contribution in [-0.4, -0.2) is 55.2 Å². The molecule has 1 aromatic carbocycles. The third kappa shape index (κ3) is 5.53. The summed E-state index contributed by atoms with van der Waals surface area (Å²) in [4.78, 5) is 15.0. The minimum absolute atomic E-state index is 0.0643. The maximum absolute atomic E-state index is 12.5. The number of hydrogen-bond donors (Lipinski definition) is 1. The first-order valence-corrected chi connectivity index (χ1v) is 11.2. The second-order valence-electron chi connectivity index (χ2n) is 7.89. The van der Waals surface area contributed by atoms with E-state index in [1.54, 1.807) is 31.3 Å². The molecule has 1 saturated carbocycles. The Bertz CT molecular complexity index is 723. The van der Waals surface area contributed by atoms with Crippen molar-refractivity contribution in [3.05, 3.63) is 24.3 Å². The van der Waals surface area contributed by atoms with Gasteiger partial charge in [0, 0.05) is 30.9 Å². The summed E-state index contributed by atoms with van der Waals surface area (Å²) in [6.07, 6.45) is 4.77. The van der Waals surface area contributed by atoms with Gasteiger partial charge in [0.25, 0.3) is 0 Å². The lowest BCUT2D eigenvalue weighted by atomic mass is 10.1. The standard InChI is InChI=1S/C20H33N3O3S/c1-15(2)22(5)27(25,26)19-12-10-17(11-13-19)21-20(24)14-23(16(3)4)18-8-6-7-9-18/h10-13,15-16,18H,6-9,14H2,1-5H3,(H,21,24). The fraction of sp³-hybridized carbons (Fsp3) is 0.650. The zero-order chi connectivity index (χ0) is 20.2. The number of hydrogen-bond acceptors (Lipinski definition) is 4. The van der Waals surface area contributed by atoms with Crippen LogP contribution in [0.2, 0.25) is 0 Å². The lowest BCUT2D eigenvalue weighted by Crippen LogP contribution is -2.43. The number of amides is 1. The van der Waals surface area contributed by atoms with E-state index < -0.39 is 10.0 Å². The van der Waals surface area contributed by atoms with Gasteiger partial charge in [0.05, 0.1) is 11.4 Å². The van der Waals surface area contributed by atoms with E-state index in [2.05, 4.69) is 24.1 Å². The largest absolute Gasteiger partial charge is 0.325 e. The van der Waals surface area contributed by atoms with E-state index in [0.717, 1.165) is 12.8 Å². The van der Waals surface area contributed by atoms with E-state index in [1.165, 1.54) is 17.1 Å². The molecule has 0 radical (unpaired) electrons. The third-order valence-electron chi connectivity index (χ3n) is 5.33. The summed E-state index contributed by atoms with van der Waals surface area (Å²) in [6.45, 7) is 8.26. The molecule has 1 amide bonds. The monoisotopic (exact) mass is 395 g/mol. The van der Waals surface area contributed by atoms with E-state index >= 15 is 0 Å². The van der Waals surface area contributed by atoms with Crippen molar-refractivity contribution in [1.29, 1.82) is 0 Å². The highest BCUT2D eigenvalue weighted by Gasteiger charge is 2.26. The van der Waals surface area contributed by atoms with Gasteiger partial charge >= 0.3 is 0 Å². The Morgan fingerprint density at radius 2 is 1.63 bits per heavy atom. The molecule has 0 heterocycles. The maximum atomic E-state index is 12.5. The minimum Gasteiger partial charge on any atom is -0.325 e. The first-order valence-electron chi connectivity index (χ1n) is 9.76. The van der Waals surface area contributed by atoms with E-state index in [-0.39, 0.29) is 16.8 Å². The number of sulfonamides is 1. The van der Waals surface area contributed by atoms with Gasteiger partial charge in [0.15, 0.2) is 0 Å². The average molecular weight is 396 g/mol. The van der Waals surface area contributed by atoms with E-state index in [1.807, 2.05) is 13.8 Å². The summed E-state index contributed by atoms with van der Waals surface area (Å²) in [7, 11) is -1.94. The molecule has 1 aliphatic rings. The first kappa shape index (κ1) is 21.9. The minimum atomic E-state index is -3.51. The van der Waals surface area contributed by atoms with Crippen LogP contribution in [0.4, 0.5) is 5.69 Å². The highest BCUT2D eigenvalue weighted by Crippen LogP contribution is 2.25. The number of nitrogens with zero attached hydrogens (tertiary/aromatic N) is 2. The Balaban J connectivity index is 2.02. The Hall–Kier alpha value is -1.44. The fourth-order valence-electron chi connectivity index (χ4n) is 3.49. The normalized spacial score (nSPS) is 16.0. The first-order chi connectivity index (χ1) is 12.6. The molecule has 0 saturated heterocycles. The molecule has 0 atom stereocenters. The number of nitrogens with one attached hydrogen (secondary N) is 1. The van der Waals surface area contributed by atoms with Crippen LogP contribution in [0.3, 0.4) is 0 Å². The summed E-state index contributed by atoms with van der Waals surface area (Å²) < 4.78 is 26.3. The Labute approximate surface area is 164 Å². The smallest absolute Gasteiger partial charge is 0.243 e. The van der Waals surface area contributed by atoms with Gasteiger partial charge in [-0.1, -0.05) is 12.8 Å². The van der Waals surface area contributed by atoms with Gasteiger partial charge in [0.1, 0.15) is 0 Å². The van der Waals surface area contributed by atoms with Gasteiger partial charge in [-0.2, -0.15) is 4.31 Å². The molecule has 1 fully saturated rings. The topological polar surface area (TPSA) is 69.7 Å². The molecule has 1 aromatic rings. The molecule has 0 unspecified atom stereocenters. The molecule has 6 nitrogen and oxygen atoms in total. The van der Waals surface area contributed by atoms with Crippen molar-refractivity contribution in [3.8, 4) is 0 Å². The highest BCUT2D eigenvalue weighted by molar-refractivity contribution is 7.89. The quantitative estimate of drug-likeness (QED) is 0.733. The van der Waals surface area contributed by atoms with Crippen molar-refractivity contribution in [2.75, 3.05) is 18.9 Å². The summed E-state index contributed by atoms with van der Waals surface area (Å²) >= 11 is 0. The van der Waals surface area contributed by atoms with Crippen LogP contribution in [-0.2, 0) is 14.8 Å². The van der Waals surface area contributed by atoms with Crippen molar-refractivity contribution in [2.24, 2.45) is 0 Å². The van der Waals surface area contributed by atoms with Gasteiger partial charge in [-0.15, -0.1) is 0 Å². The summed E-state index contributed by atoms with van der Waals surface area (Å²) in [5.74, 6) is -0.0643. The average Bonchev–Trinajstić information content (AvgIpc) is 3.13. The molecular weight excluding hydrogens is 362 g/mol. The number of rotatable bonds is 8. The predicted octanol–water partition coefficient (Wildman–Crippen LogP) is 3.31. The molecule has 0 aromatic heterocycles. The second kappa shape index (κ2) is 9.17. The van der Waals surface area contributed by atoms with E-state index in [0.29, 0.717) is 24.3 Å². The van der Waals surface area contributed by atoms with Crippen LogP contribution in [0.25, 0.3) is 0 Å². The molecule has 27 heavy (non-hydrogen) atoms.